The van der Waals surface area contributed by atoms with Gasteiger partial charge in [0.05, 0.1) is 0 Å². The molecule has 0 amide bonds. The minimum absolute atomic E-state index is 0.353. The lowest BCUT2D eigenvalue weighted by molar-refractivity contribution is 0.282. The van der Waals surface area contributed by atoms with Crippen LogP contribution in [0.25, 0.3) is 0 Å². The summed E-state index contributed by atoms with van der Waals surface area (Å²) in [4.78, 5) is 0. The van der Waals surface area contributed by atoms with E-state index in [1.54, 1.807) is 0 Å². The van der Waals surface area contributed by atoms with Crippen LogP contribution < -0.4 is 0 Å². The van der Waals surface area contributed by atoms with Crippen molar-refractivity contribution < 1.29 is 5.11 Å². The molecular formula is C14H28OSi. The molecule has 0 fully saturated rings. The normalized spacial score (nSPS) is 11.0. The fraction of sp³-hybridized carbons (Fsp3) is 0.857. The Morgan fingerprint density at radius 3 is 1.81 bits per heavy atom. The molecular weight excluding hydrogens is 212 g/mol. The molecule has 0 aromatic rings. The van der Waals surface area contributed by atoms with Crippen LogP contribution in [0.5, 0.6) is 0 Å². The van der Waals surface area contributed by atoms with Crippen LogP contribution in [0.3, 0.4) is 0 Å². The van der Waals surface area contributed by atoms with Gasteiger partial charge in [0.25, 0.3) is 0 Å². The van der Waals surface area contributed by atoms with Crippen molar-refractivity contribution in [2.24, 2.45) is 0 Å². The molecule has 0 aliphatic carbocycles. The van der Waals surface area contributed by atoms with Crippen molar-refractivity contribution in [3.05, 3.63) is 0 Å². The molecule has 0 saturated heterocycles. The summed E-state index contributed by atoms with van der Waals surface area (Å²) >= 11 is 0. The summed E-state index contributed by atoms with van der Waals surface area (Å²) in [7, 11) is -1.13. The molecule has 0 radical (unpaired) electrons. The number of aliphatic hydroxyl groups excluding tert-OH is 1. The van der Waals surface area contributed by atoms with Gasteiger partial charge in [-0.2, -0.15) is 0 Å². The maximum atomic E-state index is 8.62. The Hall–Kier alpha value is -0.263. The van der Waals surface area contributed by atoms with Crippen LogP contribution in [-0.2, 0) is 0 Å². The van der Waals surface area contributed by atoms with E-state index in [1.807, 2.05) is 0 Å². The van der Waals surface area contributed by atoms with Gasteiger partial charge in [0.15, 0.2) is 0 Å². The molecule has 0 atom stereocenters. The zero-order valence-electron chi connectivity index (χ0n) is 11.3. The predicted molar refractivity (Wildman–Crippen MR) is 75.1 cm³/mol. The Bertz CT molecular complexity index is 207. The van der Waals surface area contributed by atoms with Crippen LogP contribution in [-0.4, -0.2) is 19.8 Å². The smallest absolute Gasteiger partial charge is 0.129 e. The molecule has 16 heavy (non-hydrogen) atoms. The van der Waals surface area contributed by atoms with Gasteiger partial charge >= 0.3 is 0 Å². The highest BCUT2D eigenvalue weighted by atomic mass is 28.3. The summed E-state index contributed by atoms with van der Waals surface area (Å²) < 4.78 is 0. The Labute approximate surface area is 103 Å². The highest BCUT2D eigenvalue weighted by Gasteiger charge is 2.06. The van der Waals surface area contributed by atoms with E-state index in [4.69, 9.17) is 5.11 Å². The molecule has 1 nitrogen and oxygen atoms in total. The van der Waals surface area contributed by atoms with Crippen molar-refractivity contribution in [2.45, 2.75) is 71.0 Å². The minimum Gasteiger partial charge on any atom is -0.396 e. The summed E-state index contributed by atoms with van der Waals surface area (Å²) in [5, 5.41) is 8.62. The molecule has 0 aliphatic heterocycles. The van der Waals surface area contributed by atoms with Crippen molar-refractivity contribution in [3.63, 3.8) is 0 Å². The lowest BCUT2D eigenvalue weighted by Crippen LogP contribution is -2.16. The third-order valence-electron chi connectivity index (χ3n) is 2.42. The molecule has 0 rings (SSSR count). The molecule has 0 spiro atoms. The third-order valence-corrected chi connectivity index (χ3v) is 3.35. The van der Waals surface area contributed by atoms with Crippen LogP contribution in [0.1, 0.15) is 51.4 Å². The number of unbranched alkanes of at least 4 members (excludes halogenated alkanes) is 7. The lowest BCUT2D eigenvalue weighted by atomic mass is 10.1. The Balaban J connectivity index is 3.18. The second kappa shape index (κ2) is 9.93. The molecule has 0 bridgehead atoms. The molecule has 94 valence electrons. The van der Waals surface area contributed by atoms with Crippen LogP contribution in [0, 0.1) is 11.5 Å². The van der Waals surface area contributed by atoms with Crippen LogP contribution >= 0.6 is 0 Å². The quantitative estimate of drug-likeness (QED) is 0.386. The first-order valence-corrected chi connectivity index (χ1v) is 10.2. The standard InChI is InChI=1S/C14H28OSi/c1-16(2,3)14-12-10-8-6-4-5-7-9-11-13-15/h15H,4-11,13H2,1-3H3. The highest BCUT2D eigenvalue weighted by Crippen LogP contribution is 2.08. The van der Waals surface area contributed by atoms with E-state index < -0.39 is 8.07 Å². The highest BCUT2D eigenvalue weighted by molar-refractivity contribution is 6.83. The predicted octanol–water partition coefficient (Wildman–Crippen LogP) is 3.98. The van der Waals surface area contributed by atoms with Gasteiger partial charge in [-0.3, -0.25) is 0 Å². The van der Waals surface area contributed by atoms with Gasteiger partial charge in [0, 0.05) is 13.0 Å². The average Bonchev–Trinajstić information content (AvgIpc) is 2.19. The van der Waals surface area contributed by atoms with Crippen molar-refractivity contribution >= 4 is 8.07 Å². The van der Waals surface area contributed by atoms with Crippen molar-refractivity contribution in [1.82, 2.24) is 0 Å². The van der Waals surface area contributed by atoms with Crippen LogP contribution in [0.2, 0.25) is 19.6 Å². The Morgan fingerprint density at radius 2 is 1.31 bits per heavy atom. The summed E-state index contributed by atoms with van der Waals surface area (Å²) in [6.07, 6.45) is 9.76. The third kappa shape index (κ3) is 13.7. The first kappa shape index (κ1) is 15.7. The largest absolute Gasteiger partial charge is 0.396 e. The summed E-state index contributed by atoms with van der Waals surface area (Å²) in [5.41, 5.74) is 3.40. The van der Waals surface area contributed by atoms with E-state index in [1.165, 1.54) is 38.5 Å². The van der Waals surface area contributed by atoms with Gasteiger partial charge < -0.3 is 5.11 Å². The molecule has 0 heterocycles. The topological polar surface area (TPSA) is 20.2 Å². The Morgan fingerprint density at radius 1 is 0.812 bits per heavy atom. The number of aliphatic hydroxyl groups is 1. The first-order chi connectivity index (χ1) is 7.56. The van der Waals surface area contributed by atoms with E-state index in [0.29, 0.717) is 6.61 Å². The zero-order valence-corrected chi connectivity index (χ0v) is 12.3. The van der Waals surface area contributed by atoms with Gasteiger partial charge in [0.1, 0.15) is 8.07 Å². The average molecular weight is 240 g/mol. The summed E-state index contributed by atoms with van der Waals surface area (Å²) in [6, 6.07) is 0. The summed E-state index contributed by atoms with van der Waals surface area (Å²) in [5.74, 6) is 3.32. The van der Waals surface area contributed by atoms with E-state index in [0.717, 1.165) is 12.8 Å². The molecule has 0 aromatic carbocycles. The summed E-state index contributed by atoms with van der Waals surface area (Å²) in [6.45, 7) is 7.23. The van der Waals surface area contributed by atoms with Gasteiger partial charge in [-0.15, -0.1) is 11.5 Å². The maximum absolute atomic E-state index is 8.62. The van der Waals surface area contributed by atoms with Crippen LogP contribution in [0.4, 0.5) is 0 Å². The Kier molecular flexibility index (Phi) is 9.76. The number of rotatable bonds is 8. The van der Waals surface area contributed by atoms with E-state index in [-0.39, 0.29) is 0 Å². The van der Waals surface area contributed by atoms with Gasteiger partial charge in [-0.1, -0.05) is 51.7 Å². The van der Waals surface area contributed by atoms with Gasteiger partial charge in [0.2, 0.25) is 0 Å². The van der Waals surface area contributed by atoms with Crippen molar-refractivity contribution in [2.75, 3.05) is 6.61 Å². The molecule has 1 N–H and O–H groups in total. The van der Waals surface area contributed by atoms with Gasteiger partial charge in [-0.05, 0) is 12.8 Å². The van der Waals surface area contributed by atoms with E-state index >= 15 is 0 Å². The van der Waals surface area contributed by atoms with Gasteiger partial charge in [-0.25, -0.2) is 0 Å². The van der Waals surface area contributed by atoms with Crippen molar-refractivity contribution in [1.29, 1.82) is 0 Å². The molecule has 0 unspecified atom stereocenters. The minimum atomic E-state index is -1.13. The fourth-order valence-electron chi connectivity index (χ4n) is 1.54. The fourth-order valence-corrected chi connectivity index (χ4v) is 2.19. The molecule has 0 saturated carbocycles. The monoisotopic (exact) mass is 240 g/mol. The maximum Gasteiger partial charge on any atom is 0.129 e. The molecule has 0 aromatic heterocycles. The van der Waals surface area contributed by atoms with Crippen LogP contribution in [0.15, 0.2) is 0 Å². The second-order valence-corrected chi connectivity index (χ2v) is 10.3. The first-order valence-electron chi connectivity index (χ1n) is 6.67. The molecule has 2 heteroatoms. The van der Waals surface area contributed by atoms with Crippen molar-refractivity contribution in [3.8, 4) is 11.5 Å². The van der Waals surface area contributed by atoms with E-state index in [9.17, 15) is 0 Å². The SMILES string of the molecule is C[Si](C)(C)C#CCCCCCCCCCO. The lowest BCUT2D eigenvalue weighted by Gasteiger charge is -2.03. The molecule has 0 aliphatic rings. The number of hydrogen-bond donors (Lipinski definition) is 1. The zero-order chi connectivity index (χ0) is 12.3. The van der Waals surface area contributed by atoms with E-state index in [2.05, 4.69) is 31.1 Å². The second-order valence-electron chi connectivity index (χ2n) is 5.50. The number of hydrogen-bond acceptors (Lipinski definition) is 1.